The van der Waals surface area contributed by atoms with E-state index in [1.807, 2.05) is 11.8 Å². The van der Waals surface area contributed by atoms with Gasteiger partial charge in [-0.1, -0.05) is 5.16 Å². The van der Waals surface area contributed by atoms with Gasteiger partial charge in [-0.3, -0.25) is 0 Å². The molecule has 1 saturated carbocycles. The first-order valence-electron chi connectivity index (χ1n) is 6.11. The Labute approximate surface area is 104 Å². The Morgan fingerprint density at radius 2 is 2.29 bits per heavy atom. The predicted octanol–water partition coefficient (Wildman–Crippen LogP) is 1.47. The molecule has 2 fully saturated rings. The molecule has 1 aromatic rings. The van der Waals surface area contributed by atoms with Crippen LogP contribution in [0.25, 0.3) is 0 Å². The van der Waals surface area contributed by atoms with Crippen molar-refractivity contribution in [3.8, 4) is 0 Å². The van der Waals surface area contributed by atoms with Crippen LogP contribution in [0.4, 0.5) is 0 Å². The Morgan fingerprint density at radius 1 is 1.35 bits per heavy atom. The third-order valence-corrected chi connectivity index (χ3v) is 4.38. The summed E-state index contributed by atoms with van der Waals surface area (Å²) >= 11 is 1.87. The molecule has 0 spiro atoms. The van der Waals surface area contributed by atoms with Gasteiger partial charge in [-0.15, -0.1) is 0 Å². The zero-order valence-electron chi connectivity index (χ0n) is 9.67. The van der Waals surface area contributed by atoms with Gasteiger partial charge in [0.15, 0.2) is 0 Å². The number of hydrogen-bond acceptors (Lipinski definition) is 6. The van der Waals surface area contributed by atoms with Crippen LogP contribution in [0, 0.1) is 0 Å². The van der Waals surface area contributed by atoms with Crippen LogP contribution in [0.1, 0.15) is 43.0 Å². The Hall–Kier alpha value is -0.590. The van der Waals surface area contributed by atoms with Crippen LogP contribution in [-0.4, -0.2) is 34.3 Å². The van der Waals surface area contributed by atoms with Gasteiger partial charge in [0.05, 0.1) is 6.61 Å². The Balaban J connectivity index is 1.69. The molecule has 6 heteroatoms. The quantitative estimate of drug-likeness (QED) is 0.862. The smallest absolute Gasteiger partial charge is 0.229 e. The fourth-order valence-electron chi connectivity index (χ4n) is 2.42. The second-order valence-electron chi connectivity index (χ2n) is 4.70. The Bertz CT molecular complexity index is 359. The first-order valence-corrected chi connectivity index (χ1v) is 7.27. The van der Waals surface area contributed by atoms with Gasteiger partial charge in [0.2, 0.25) is 11.7 Å². The van der Waals surface area contributed by atoms with Crippen LogP contribution in [0.5, 0.6) is 0 Å². The summed E-state index contributed by atoms with van der Waals surface area (Å²) in [4.78, 5) is 4.48. The third kappa shape index (κ3) is 2.48. The van der Waals surface area contributed by atoms with E-state index < -0.39 is 0 Å². The molecule has 94 valence electrons. The molecule has 2 heterocycles. The van der Waals surface area contributed by atoms with Crippen LogP contribution < -0.4 is 5.73 Å². The third-order valence-electron chi connectivity index (χ3n) is 3.38. The van der Waals surface area contributed by atoms with Gasteiger partial charge in [0.25, 0.3) is 0 Å². The summed E-state index contributed by atoms with van der Waals surface area (Å²) in [5, 5.41) is 4.04. The maximum absolute atomic E-state index is 5.89. The zero-order valence-corrected chi connectivity index (χ0v) is 10.5. The average Bonchev–Trinajstić information content (AvgIpc) is 2.98. The second-order valence-corrected chi connectivity index (χ2v) is 5.85. The molecule has 3 unspecified atom stereocenters. The minimum Gasteiger partial charge on any atom is -0.368 e. The molecule has 2 aliphatic rings. The van der Waals surface area contributed by atoms with E-state index in [0.29, 0.717) is 11.7 Å². The van der Waals surface area contributed by atoms with Crippen molar-refractivity contribution in [2.75, 3.05) is 18.1 Å². The van der Waals surface area contributed by atoms with E-state index in [1.54, 1.807) is 0 Å². The number of nitrogens with two attached hydrogens (primary N) is 1. The number of aromatic nitrogens is 2. The summed E-state index contributed by atoms with van der Waals surface area (Å²) in [6.45, 7) is 0.771. The standard InChI is InChI=1S/C11H17N3O2S/c12-8-2-1-7(5-8)11-13-10(14-16-11)9-6-17-4-3-15-9/h7-9H,1-6,12H2. The van der Waals surface area contributed by atoms with Gasteiger partial charge in [-0.25, -0.2) is 0 Å². The van der Waals surface area contributed by atoms with Crippen molar-refractivity contribution >= 4 is 11.8 Å². The molecule has 17 heavy (non-hydrogen) atoms. The lowest BCUT2D eigenvalue weighted by atomic mass is 10.1. The zero-order chi connectivity index (χ0) is 11.7. The van der Waals surface area contributed by atoms with Crippen LogP contribution in [0.2, 0.25) is 0 Å². The maximum atomic E-state index is 5.89. The van der Waals surface area contributed by atoms with Crippen molar-refractivity contribution in [1.82, 2.24) is 10.1 Å². The summed E-state index contributed by atoms with van der Waals surface area (Å²) in [5.74, 6) is 3.77. The summed E-state index contributed by atoms with van der Waals surface area (Å²) < 4.78 is 11.0. The minimum atomic E-state index is 0.00123. The van der Waals surface area contributed by atoms with Gasteiger partial charge < -0.3 is 15.0 Å². The van der Waals surface area contributed by atoms with Gasteiger partial charge >= 0.3 is 0 Å². The number of rotatable bonds is 2. The highest BCUT2D eigenvalue weighted by Gasteiger charge is 2.29. The van der Waals surface area contributed by atoms with Crippen LogP contribution in [0.3, 0.4) is 0 Å². The summed E-state index contributed by atoms with van der Waals surface area (Å²) in [6, 6.07) is 0.289. The molecule has 5 nitrogen and oxygen atoms in total. The van der Waals surface area contributed by atoms with E-state index in [9.17, 15) is 0 Å². The van der Waals surface area contributed by atoms with Gasteiger partial charge in [-0.05, 0) is 19.3 Å². The maximum Gasteiger partial charge on any atom is 0.229 e. The average molecular weight is 255 g/mol. The molecule has 0 radical (unpaired) electrons. The van der Waals surface area contributed by atoms with E-state index >= 15 is 0 Å². The number of thioether (sulfide) groups is 1. The van der Waals surface area contributed by atoms with E-state index in [1.165, 1.54) is 0 Å². The summed E-state index contributed by atoms with van der Waals surface area (Å²) in [6.07, 6.45) is 3.07. The number of hydrogen-bond donors (Lipinski definition) is 1. The highest BCUT2D eigenvalue weighted by molar-refractivity contribution is 7.99. The Morgan fingerprint density at radius 3 is 3.00 bits per heavy atom. The topological polar surface area (TPSA) is 74.2 Å². The predicted molar refractivity (Wildman–Crippen MR) is 64.9 cm³/mol. The van der Waals surface area contributed by atoms with Crippen LogP contribution in [0.15, 0.2) is 4.52 Å². The number of nitrogens with zero attached hydrogens (tertiary/aromatic N) is 2. The minimum absolute atomic E-state index is 0.00123. The molecular weight excluding hydrogens is 238 g/mol. The van der Waals surface area contributed by atoms with E-state index in [2.05, 4.69) is 10.1 Å². The number of ether oxygens (including phenoxy) is 1. The van der Waals surface area contributed by atoms with Crippen molar-refractivity contribution in [3.05, 3.63) is 11.7 Å². The first kappa shape index (κ1) is 11.5. The largest absolute Gasteiger partial charge is 0.368 e. The molecular formula is C11H17N3O2S. The van der Waals surface area contributed by atoms with Crippen molar-refractivity contribution < 1.29 is 9.26 Å². The Kier molecular flexibility index (Phi) is 3.35. The molecule has 0 amide bonds. The molecule has 3 rings (SSSR count). The van der Waals surface area contributed by atoms with E-state index in [0.717, 1.165) is 43.3 Å². The van der Waals surface area contributed by atoms with Crippen LogP contribution >= 0.6 is 11.8 Å². The van der Waals surface area contributed by atoms with Crippen molar-refractivity contribution in [3.63, 3.8) is 0 Å². The SMILES string of the molecule is NC1CCC(c2nc(C3CSCCO3)no2)C1. The fourth-order valence-corrected chi connectivity index (χ4v) is 3.26. The van der Waals surface area contributed by atoms with E-state index in [4.69, 9.17) is 15.0 Å². The fraction of sp³-hybridized carbons (Fsp3) is 0.818. The molecule has 1 saturated heterocycles. The van der Waals surface area contributed by atoms with Crippen molar-refractivity contribution in [2.24, 2.45) is 5.73 Å². The summed E-state index contributed by atoms with van der Waals surface area (Å²) in [5.41, 5.74) is 5.89. The molecule has 1 aliphatic carbocycles. The molecule has 0 aromatic carbocycles. The van der Waals surface area contributed by atoms with Gasteiger partial charge in [0.1, 0.15) is 6.10 Å². The lowest BCUT2D eigenvalue weighted by Crippen LogP contribution is -2.17. The first-order chi connectivity index (χ1) is 8.33. The monoisotopic (exact) mass is 255 g/mol. The molecule has 0 bridgehead atoms. The highest BCUT2D eigenvalue weighted by Crippen LogP contribution is 2.33. The molecule has 2 N–H and O–H groups in total. The van der Waals surface area contributed by atoms with Crippen molar-refractivity contribution in [2.45, 2.75) is 37.3 Å². The normalized spacial score (nSPS) is 34.1. The lowest BCUT2D eigenvalue weighted by molar-refractivity contribution is 0.0677. The van der Waals surface area contributed by atoms with Gasteiger partial charge in [0, 0.05) is 23.5 Å². The van der Waals surface area contributed by atoms with E-state index in [-0.39, 0.29) is 12.1 Å². The van der Waals surface area contributed by atoms with Gasteiger partial charge in [-0.2, -0.15) is 16.7 Å². The van der Waals surface area contributed by atoms with Crippen LogP contribution in [-0.2, 0) is 4.74 Å². The summed E-state index contributed by atoms with van der Waals surface area (Å²) in [7, 11) is 0. The molecule has 3 atom stereocenters. The molecule has 1 aromatic heterocycles. The highest BCUT2D eigenvalue weighted by atomic mass is 32.2. The molecule has 1 aliphatic heterocycles. The second kappa shape index (κ2) is 4.96. The lowest BCUT2D eigenvalue weighted by Gasteiger charge is -2.18. The van der Waals surface area contributed by atoms with Crippen molar-refractivity contribution in [1.29, 1.82) is 0 Å².